The first-order valence-electron chi connectivity index (χ1n) is 10.4. The van der Waals surface area contributed by atoms with Gasteiger partial charge in [0.05, 0.1) is 4.90 Å². The summed E-state index contributed by atoms with van der Waals surface area (Å²) >= 11 is 0. The lowest BCUT2D eigenvalue weighted by atomic mass is 9.94. The monoisotopic (exact) mass is 428 g/mol. The number of hydrogen-bond acceptors (Lipinski definition) is 4. The van der Waals surface area contributed by atoms with Gasteiger partial charge in [-0.15, -0.1) is 0 Å². The third-order valence-corrected chi connectivity index (χ3v) is 7.23. The zero-order chi connectivity index (χ0) is 21.4. The Balaban J connectivity index is 1.48. The molecule has 4 rings (SSSR count). The van der Waals surface area contributed by atoms with Gasteiger partial charge in [-0.3, -0.25) is 4.79 Å². The predicted octanol–water partition coefficient (Wildman–Crippen LogP) is 3.39. The van der Waals surface area contributed by atoms with Gasteiger partial charge in [0.2, 0.25) is 15.9 Å². The first-order chi connectivity index (χ1) is 14.2. The highest BCUT2D eigenvalue weighted by atomic mass is 32.2. The Kier molecular flexibility index (Phi) is 5.59. The normalized spacial score (nSPS) is 18.2. The van der Waals surface area contributed by atoms with Crippen LogP contribution in [0.25, 0.3) is 0 Å². The molecule has 0 bridgehead atoms. The molecule has 0 saturated carbocycles. The van der Waals surface area contributed by atoms with Crippen LogP contribution >= 0.6 is 0 Å². The topological polar surface area (TPSA) is 75.7 Å². The van der Waals surface area contributed by atoms with E-state index in [2.05, 4.69) is 4.72 Å². The van der Waals surface area contributed by atoms with Crippen LogP contribution in [0.3, 0.4) is 0 Å². The number of rotatable bonds is 6. The van der Waals surface area contributed by atoms with E-state index in [0.717, 1.165) is 48.2 Å². The molecule has 0 radical (unpaired) electrons. The van der Waals surface area contributed by atoms with Crippen molar-refractivity contribution in [3.63, 3.8) is 0 Å². The second kappa shape index (κ2) is 8.04. The van der Waals surface area contributed by atoms with Gasteiger partial charge < -0.3 is 9.64 Å². The number of sulfonamides is 1. The first kappa shape index (κ1) is 20.9. The van der Waals surface area contributed by atoms with E-state index in [1.165, 1.54) is 0 Å². The van der Waals surface area contributed by atoms with E-state index in [4.69, 9.17) is 4.74 Å². The number of carbonyl (C=O) groups is 1. The number of nitrogens with zero attached hydrogens (tertiary/aromatic N) is 1. The Labute approximate surface area is 178 Å². The molecule has 1 saturated heterocycles. The third-order valence-electron chi connectivity index (χ3n) is 5.83. The van der Waals surface area contributed by atoms with Crippen LogP contribution in [0.4, 0.5) is 0 Å². The van der Waals surface area contributed by atoms with Crippen molar-refractivity contribution in [3.8, 4) is 5.75 Å². The number of amides is 1. The van der Waals surface area contributed by atoms with Gasteiger partial charge in [-0.2, -0.15) is 0 Å². The molecule has 2 aromatic rings. The molecule has 0 spiro atoms. The Bertz CT molecular complexity index is 1060. The largest absolute Gasteiger partial charge is 0.488 e. The van der Waals surface area contributed by atoms with Crippen LogP contribution in [0.15, 0.2) is 47.4 Å². The van der Waals surface area contributed by atoms with Crippen molar-refractivity contribution in [2.24, 2.45) is 0 Å². The maximum absolute atomic E-state index is 12.9. The fraction of sp³-hybridized carbons (Fsp3) is 0.435. The molecule has 2 aromatic carbocycles. The predicted molar refractivity (Wildman–Crippen MR) is 115 cm³/mol. The maximum atomic E-state index is 12.9. The summed E-state index contributed by atoms with van der Waals surface area (Å²) in [6.45, 7) is 5.53. The van der Waals surface area contributed by atoms with Crippen molar-refractivity contribution < 1.29 is 17.9 Å². The summed E-state index contributed by atoms with van der Waals surface area (Å²) in [5, 5.41) is 0. The van der Waals surface area contributed by atoms with Crippen molar-refractivity contribution in [2.75, 3.05) is 6.54 Å². The summed E-state index contributed by atoms with van der Waals surface area (Å²) in [6, 6.07) is 12.7. The summed E-state index contributed by atoms with van der Waals surface area (Å²) < 4.78 is 34.5. The van der Waals surface area contributed by atoms with E-state index < -0.39 is 10.0 Å². The van der Waals surface area contributed by atoms with Gasteiger partial charge in [-0.05, 0) is 68.0 Å². The summed E-state index contributed by atoms with van der Waals surface area (Å²) in [6.07, 6.45) is 3.11. The van der Waals surface area contributed by atoms with E-state index in [-0.39, 0.29) is 22.9 Å². The van der Waals surface area contributed by atoms with Crippen LogP contribution in [0.1, 0.15) is 49.8 Å². The molecule has 2 aliphatic heterocycles. The van der Waals surface area contributed by atoms with Crippen molar-refractivity contribution in [1.82, 2.24) is 9.62 Å². The van der Waals surface area contributed by atoms with Crippen LogP contribution < -0.4 is 9.46 Å². The molecule has 1 fully saturated rings. The molecule has 7 heteroatoms. The maximum Gasteiger partial charge on any atom is 0.240 e. The summed E-state index contributed by atoms with van der Waals surface area (Å²) in [5.74, 6) is 0.913. The lowest BCUT2D eigenvalue weighted by Crippen LogP contribution is -2.32. The number of hydrogen-bond donors (Lipinski definition) is 1. The number of aryl methyl sites for hydroxylation is 1. The highest BCUT2D eigenvalue weighted by Crippen LogP contribution is 2.34. The van der Waals surface area contributed by atoms with Crippen LogP contribution in [0.5, 0.6) is 5.75 Å². The van der Waals surface area contributed by atoms with Gasteiger partial charge in [0.1, 0.15) is 11.4 Å². The fourth-order valence-corrected chi connectivity index (χ4v) is 5.08. The zero-order valence-corrected chi connectivity index (χ0v) is 18.3. The van der Waals surface area contributed by atoms with E-state index in [0.29, 0.717) is 13.0 Å². The van der Waals surface area contributed by atoms with Crippen molar-refractivity contribution >= 4 is 15.9 Å². The minimum atomic E-state index is -3.66. The van der Waals surface area contributed by atoms with E-state index in [9.17, 15) is 13.2 Å². The molecule has 1 N–H and O–H groups in total. The van der Waals surface area contributed by atoms with Gasteiger partial charge >= 0.3 is 0 Å². The molecule has 0 atom stereocenters. The van der Waals surface area contributed by atoms with E-state index >= 15 is 0 Å². The second-order valence-corrected chi connectivity index (χ2v) is 10.4. The van der Waals surface area contributed by atoms with Gasteiger partial charge in [-0.25, -0.2) is 13.1 Å². The fourth-order valence-electron chi connectivity index (χ4n) is 4.02. The minimum Gasteiger partial charge on any atom is -0.488 e. The Morgan fingerprint density at radius 1 is 1.10 bits per heavy atom. The number of carbonyl (C=O) groups excluding carboxylic acids is 1. The molecule has 2 heterocycles. The number of ether oxygens (including phenoxy) is 1. The summed E-state index contributed by atoms with van der Waals surface area (Å²) in [5.41, 5.74) is 2.54. The molecule has 2 aliphatic rings. The molecule has 6 nitrogen and oxygen atoms in total. The minimum absolute atomic E-state index is 0.157. The molecule has 0 unspecified atom stereocenters. The highest BCUT2D eigenvalue weighted by Gasteiger charge is 2.28. The van der Waals surface area contributed by atoms with Gasteiger partial charge in [0.25, 0.3) is 0 Å². The first-order valence-corrected chi connectivity index (χ1v) is 11.9. The summed E-state index contributed by atoms with van der Waals surface area (Å²) in [4.78, 5) is 14.0. The Morgan fingerprint density at radius 3 is 2.60 bits per heavy atom. The van der Waals surface area contributed by atoms with Crippen LogP contribution in [-0.4, -0.2) is 31.4 Å². The molecular weight excluding hydrogens is 400 g/mol. The van der Waals surface area contributed by atoms with Gasteiger partial charge in [-0.1, -0.05) is 24.3 Å². The van der Waals surface area contributed by atoms with Gasteiger partial charge in [0, 0.05) is 26.1 Å². The Morgan fingerprint density at radius 2 is 1.87 bits per heavy atom. The number of nitrogens with one attached hydrogen (secondary N) is 1. The Hall–Kier alpha value is -2.38. The van der Waals surface area contributed by atoms with Crippen LogP contribution in [-0.2, 0) is 34.3 Å². The van der Waals surface area contributed by atoms with Crippen molar-refractivity contribution in [1.29, 1.82) is 0 Å². The van der Waals surface area contributed by atoms with Crippen molar-refractivity contribution in [3.05, 3.63) is 59.2 Å². The average Bonchev–Trinajstić information content (AvgIpc) is 3.11. The van der Waals surface area contributed by atoms with E-state index in [1.54, 1.807) is 18.2 Å². The number of likely N-dealkylation sites (tertiary alicyclic amines) is 1. The highest BCUT2D eigenvalue weighted by molar-refractivity contribution is 7.89. The SMILES string of the molecule is CC1(C)CCc2cc(S(=O)(=O)NCc3ccccc3CN3CCCC3=O)ccc2O1. The van der Waals surface area contributed by atoms with Crippen molar-refractivity contribution in [2.45, 2.75) is 63.1 Å². The quantitative estimate of drug-likeness (QED) is 0.765. The van der Waals surface area contributed by atoms with Crippen LogP contribution in [0.2, 0.25) is 0 Å². The molecule has 1 amide bonds. The molecule has 0 aliphatic carbocycles. The smallest absolute Gasteiger partial charge is 0.240 e. The average molecular weight is 429 g/mol. The molecule has 160 valence electrons. The lowest BCUT2D eigenvalue weighted by molar-refractivity contribution is -0.128. The van der Waals surface area contributed by atoms with Crippen LogP contribution in [0, 0.1) is 0 Å². The zero-order valence-electron chi connectivity index (χ0n) is 17.5. The third kappa shape index (κ3) is 4.52. The molecular formula is C23H28N2O4S. The molecule has 30 heavy (non-hydrogen) atoms. The van der Waals surface area contributed by atoms with Gasteiger partial charge in [0.15, 0.2) is 0 Å². The second-order valence-electron chi connectivity index (χ2n) is 8.64. The summed E-state index contributed by atoms with van der Waals surface area (Å²) in [7, 11) is -3.66. The standard InChI is InChI=1S/C23H28N2O4S/c1-23(2)12-11-17-14-20(9-10-21(17)29-23)30(27,28)24-15-18-6-3-4-7-19(18)16-25-13-5-8-22(25)26/h3-4,6-7,9-10,14,24H,5,8,11-13,15-16H2,1-2H3. The molecule has 0 aromatic heterocycles. The number of fused-ring (bicyclic) bond motifs is 1. The lowest BCUT2D eigenvalue weighted by Gasteiger charge is -2.32. The number of benzene rings is 2. The van der Waals surface area contributed by atoms with E-state index in [1.807, 2.05) is 43.0 Å².